The number of aliphatic imine (C=N–C) groups is 1. The van der Waals surface area contributed by atoms with Crippen molar-refractivity contribution in [2.45, 2.75) is 32.9 Å². The molecule has 0 bridgehead atoms. The molecule has 0 unspecified atom stereocenters. The summed E-state index contributed by atoms with van der Waals surface area (Å²) in [5.74, 6) is 2.39. The second kappa shape index (κ2) is 9.09. The van der Waals surface area contributed by atoms with Crippen LogP contribution in [0, 0.1) is 24.2 Å². The molecule has 0 heterocycles. The van der Waals surface area contributed by atoms with Gasteiger partial charge in [0, 0.05) is 25.7 Å². The van der Waals surface area contributed by atoms with E-state index in [1.807, 2.05) is 18.2 Å². The molecular weight excluding hydrogens is 336 g/mol. The standard InChI is InChI=1S/C22H26N4O/c1-16-6-9-20(21(10-16)27-15-17-7-8-17)14-26-22(24-2)25-13-19-5-3-4-18(11-19)12-23/h3-6,9-11,17H,7-8,13-15H2,1-2H3,(H2,24,25,26). The number of hydrogen-bond acceptors (Lipinski definition) is 3. The molecule has 2 aromatic rings. The Kier molecular flexibility index (Phi) is 6.32. The lowest BCUT2D eigenvalue weighted by molar-refractivity contribution is 0.296. The second-order valence-electron chi connectivity index (χ2n) is 6.96. The quantitative estimate of drug-likeness (QED) is 0.584. The molecule has 2 N–H and O–H groups in total. The summed E-state index contributed by atoms with van der Waals surface area (Å²) in [6, 6.07) is 16.0. The first kappa shape index (κ1) is 18.8. The minimum absolute atomic E-state index is 0.605. The van der Waals surface area contributed by atoms with Gasteiger partial charge in [0.15, 0.2) is 5.96 Å². The molecule has 0 aliphatic heterocycles. The van der Waals surface area contributed by atoms with Gasteiger partial charge in [-0.25, -0.2) is 0 Å². The fraction of sp³-hybridized carbons (Fsp3) is 0.364. The van der Waals surface area contributed by atoms with E-state index < -0.39 is 0 Å². The van der Waals surface area contributed by atoms with E-state index in [1.165, 1.54) is 18.4 Å². The maximum absolute atomic E-state index is 9.00. The Morgan fingerprint density at radius 3 is 2.74 bits per heavy atom. The number of nitrogens with one attached hydrogen (secondary N) is 2. The van der Waals surface area contributed by atoms with Crippen molar-refractivity contribution in [1.29, 1.82) is 5.26 Å². The van der Waals surface area contributed by atoms with Gasteiger partial charge in [-0.15, -0.1) is 0 Å². The van der Waals surface area contributed by atoms with Crippen LogP contribution in [-0.4, -0.2) is 19.6 Å². The van der Waals surface area contributed by atoms with Gasteiger partial charge in [-0.1, -0.05) is 24.3 Å². The minimum Gasteiger partial charge on any atom is -0.493 e. The third-order valence-electron chi connectivity index (χ3n) is 4.58. The second-order valence-corrected chi connectivity index (χ2v) is 6.96. The van der Waals surface area contributed by atoms with Crippen molar-refractivity contribution in [2.24, 2.45) is 10.9 Å². The van der Waals surface area contributed by atoms with Gasteiger partial charge >= 0.3 is 0 Å². The van der Waals surface area contributed by atoms with Crippen LogP contribution in [0.3, 0.4) is 0 Å². The van der Waals surface area contributed by atoms with Gasteiger partial charge in [-0.3, -0.25) is 4.99 Å². The highest BCUT2D eigenvalue weighted by molar-refractivity contribution is 5.79. The highest BCUT2D eigenvalue weighted by atomic mass is 16.5. The largest absolute Gasteiger partial charge is 0.493 e. The molecule has 0 aromatic heterocycles. The number of nitrogens with zero attached hydrogens (tertiary/aromatic N) is 2. The Morgan fingerprint density at radius 2 is 2.00 bits per heavy atom. The van der Waals surface area contributed by atoms with Crippen LogP contribution in [0.1, 0.15) is 35.1 Å². The van der Waals surface area contributed by atoms with E-state index in [-0.39, 0.29) is 0 Å². The molecule has 1 aliphatic rings. The molecule has 5 nitrogen and oxygen atoms in total. The van der Waals surface area contributed by atoms with Crippen LogP contribution >= 0.6 is 0 Å². The fourth-order valence-electron chi connectivity index (χ4n) is 2.77. The first-order valence-corrected chi connectivity index (χ1v) is 9.34. The molecule has 0 atom stereocenters. The third-order valence-corrected chi connectivity index (χ3v) is 4.58. The third kappa shape index (κ3) is 5.75. The zero-order chi connectivity index (χ0) is 19.1. The first-order valence-electron chi connectivity index (χ1n) is 9.34. The molecule has 0 radical (unpaired) electrons. The lowest BCUT2D eigenvalue weighted by Gasteiger charge is -2.15. The number of nitriles is 1. The molecule has 140 valence electrons. The van der Waals surface area contributed by atoms with E-state index in [9.17, 15) is 0 Å². The number of hydrogen-bond donors (Lipinski definition) is 2. The lowest BCUT2D eigenvalue weighted by atomic mass is 10.1. The molecule has 5 heteroatoms. The number of ether oxygens (including phenoxy) is 1. The smallest absolute Gasteiger partial charge is 0.191 e. The Bertz CT molecular complexity index is 850. The number of aryl methyl sites for hydroxylation is 1. The Balaban J connectivity index is 1.56. The van der Waals surface area contributed by atoms with Crippen molar-refractivity contribution in [3.05, 3.63) is 64.7 Å². The van der Waals surface area contributed by atoms with E-state index in [4.69, 9.17) is 10.00 Å². The summed E-state index contributed by atoms with van der Waals surface area (Å²) in [5.41, 5.74) is 4.02. The topological polar surface area (TPSA) is 69.4 Å². The molecule has 2 aromatic carbocycles. The van der Waals surface area contributed by atoms with Crippen molar-refractivity contribution in [3.63, 3.8) is 0 Å². The molecule has 0 saturated heterocycles. The number of rotatable bonds is 7. The highest BCUT2D eigenvalue weighted by Gasteiger charge is 2.22. The van der Waals surface area contributed by atoms with Crippen molar-refractivity contribution in [1.82, 2.24) is 10.6 Å². The van der Waals surface area contributed by atoms with Crippen molar-refractivity contribution < 1.29 is 4.74 Å². The van der Waals surface area contributed by atoms with Gasteiger partial charge in [-0.2, -0.15) is 5.26 Å². The molecule has 0 amide bonds. The van der Waals surface area contributed by atoms with E-state index in [2.05, 4.69) is 46.8 Å². The fourth-order valence-corrected chi connectivity index (χ4v) is 2.77. The summed E-state index contributed by atoms with van der Waals surface area (Å²) >= 11 is 0. The summed E-state index contributed by atoms with van der Waals surface area (Å²) in [5, 5.41) is 15.6. The van der Waals surface area contributed by atoms with Gasteiger partial charge in [0.25, 0.3) is 0 Å². The molecule has 1 fully saturated rings. The molecule has 1 aliphatic carbocycles. The summed E-state index contributed by atoms with van der Waals surface area (Å²) in [4.78, 5) is 4.28. The normalized spacial score (nSPS) is 13.7. The van der Waals surface area contributed by atoms with Crippen molar-refractivity contribution in [3.8, 4) is 11.8 Å². The van der Waals surface area contributed by atoms with Crippen molar-refractivity contribution in [2.75, 3.05) is 13.7 Å². The summed E-state index contributed by atoms with van der Waals surface area (Å²) in [6.45, 7) is 4.13. The zero-order valence-corrected chi connectivity index (χ0v) is 16.0. The Hall–Kier alpha value is -3.00. The Labute approximate surface area is 161 Å². The van der Waals surface area contributed by atoms with Crippen LogP contribution in [0.2, 0.25) is 0 Å². The van der Waals surface area contributed by atoms with Crippen molar-refractivity contribution >= 4 is 5.96 Å². The van der Waals surface area contributed by atoms with Gasteiger partial charge in [0.2, 0.25) is 0 Å². The average molecular weight is 362 g/mol. The zero-order valence-electron chi connectivity index (χ0n) is 16.0. The monoisotopic (exact) mass is 362 g/mol. The molecule has 1 saturated carbocycles. The van der Waals surface area contributed by atoms with E-state index in [0.29, 0.717) is 24.6 Å². The summed E-state index contributed by atoms with van der Waals surface area (Å²) < 4.78 is 6.03. The maximum atomic E-state index is 9.00. The van der Waals surface area contributed by atoms with E-state index in [0.717, 1.165) is 29.4 Å². The molecular formula is C22H26N4O. The average Bonchev–Trinajstić information content (AvgIpc) is 3.52. The van der Waals surface area contributed by atoms with E-state index in [1.54, 1.807) is 13.1 Å². The molecule has 0 spiro atoms. The minimum atomic E-state index is 0.605. The van der Waals surface area contributed by atoms with Crippen LogP contribution in [-0.2, 0) is 13.1 Å². The highest BCUT2D eigenvalue weighted by Crippen LogP contribution is 2.30. The van der Waals surface area contributed by atoms with Crippen LogP contribution in [0.25, 0.3) is 0 Å². The maximum Gasteiger partial charge on any atom is 0.191 e. The van der Waals surface area contributed by atoms with Gasteiger partial charge in [0.1, 0.15) is 5.75 Å². The predicted molar refractivity (Wildman–Crippen MR) is 108 cm³/mol. The van der Waals surface area contributed by atoms with Crippen LogP contribution in [0.15, 0.2) is 47.5 Å². The lowest BCUT2D eigenvalue weighted by Crippen LogP contribution is -2.36. The Morgan fingerprint density at radius 1 is 1.19 bits per heavy atom. The van der Waals surface area contributed by atoms with Gasteiger partial charge in [-0.05, 0) is 55.0 Å². The molecule has 27 heavy (non-hydrogen) atoms. The number of benzene rings is 2. The SMILES string of the molecule is CN=C(NCc1cccc(C#N)c1)NCc1ccc(C)cc1OCC1CC1. The number of guanidine groups is 1. The van der Waals surface area contributed by atoms with Gasteiger partial charge < -0.3 is 15.4 Å². The van der Waals surface area contributed by atoms with Crippen LogP contribution in [0.5, 0.6) is 5.75 Å². The summed E-state index contributed by atoms with van der Waals surface area (Å²) in [7, 11) is 1.75. The van der Waals surface area contributed by atoms with Crippen LogP contribution in [0.4, 0.5) is 0 Å². The first-order chi connectivity index (χ1) is 13.2. The van der Waals surface area contributed by atoms with Crippen LogP contribution < -0.4 is 15.4 Å². The molecule has 3 rings (SSSR count). The van der Waals surface area contributed by atoms with E-state index >= 15 is 0 Å². The van der Waals surface area contributed by atoms with Gasteiger partial charge in [0.05, 0.1) is 18.2 Å². The summed E-state index contributed by atoms with van der Waals surface area (Å²) in [6.07, 6.45) is 2.56. The predicted octanol–water partition coefficient (Wildman–Crippen LogP) is 3.52.